The van der Waals surface area contributed by atoms with Gasteiger partial charge in [-0.2, -0.15) is 5.10 Å². The predicted octanol–water partition coefficient (Wildman–Crippen LogP) is 2.71. The van der Waals surface area contributed by atoms with Gasteiger partial charge in [0, 0.05) is 16.5 Å². The average Bonchev–Trinajstić information content (AvgIpc) is 2.86. The van der Waals surface area contributed by atoms with E-state index in [4.69, 9.17) is 10.2 Å². The smallest absolute Gasteiger partial charge is 0.142 e. The van der Waals surface area contributed by atoms with Crippen molar-refractivity contribution >= 4 is 16.8 Å². The molecular weight excluding hydrogens is 202 g/mol. The van der Waals surface area contributed by atoms with Crippen LogP contribution in [-0.4, -0.2) is 10.2 Å². The lowest BCUT2D eigenvalue weighted by molar-refractivity contribution is 0.614. The third-order valence-corrected chi connectivity index (χ3v) is 2.75. The third kappa shape index (κ3) is 1.13. The Labute approximate surface area is 92.1 Å². The van der Waals surface area contributed by atoms with E-state index in [1.54, 1.807) is 12.5 Å². The van der Waals surface area contributed by atoms with Crippen molar-refractivity contribution in [2.24, 2.45) is 0 Å². The van der Waals surface area contributed by atoms with Crippen molar-refractivity contribution in [2.75, 3.05) is 5.73 Å². The molecule has 0 atom stereocenters. The Kier molecular flexibility index (Phi) is 1.77. The molecule has 0 aliphatic heterocycles. The lowest BCUT2D eigenvalue weighted by Crippen LogP contribution is -1.87. The van der Waals surface area contributed by atoms with Crippen molar-refractivity contribution < 1.29 is 4.42 Å². The SMILES string of the molecule is Cc1coc2c(-c3cn[nH]c3N)cccc12. The first-order valence-corrected chi connectivity index (χ1v) is 5.03. The number of para-hydroxylation sites is 1. The molecule has 2 aromatic heterocycles. The normalized spacial score (nSPS) is 11.1. The summed E-state index contributed by atoms with van der Waals surface area (Å²) >= 11 is 0. The molecule has 0 fully saturated rings. The molecule has 0 aliphatic carbocycles. The molecule has 0 spiro atoms. The van der Waals surface area contributed by atoms with Crippen molar-refractivity contribution in [2.45, 2.75) is 6.92 Å². The van der Waals surface area contributed by atoms with E-state index in [0.717, 1.165) is 27.7 Å². The molecule has 0 saturated carbocycles. The topological polar surface area (TPSA) is 67.8 Å². The van der Waals surface area contributed by atoms with Gasteiger partial charge in [0.2, 0.25) is 0 Å². The van der Waals surface area contributed by atoms with Crippen molar-refractivity contribution in [3.8, 4) is 11.1 Å². The van der Waals surface area contributed by atoms with Gasteiger partial charge in [0.15, 0.2) is 0 Å². The van der Waals surface area contributed by atoms with Gasteiger partial charge in [-0.25, -0.2) is 0 Å². The van der Waals surface area contributed by atoms with Crippen LogP contribution in [0.3, 0.4) is 0 Å². The van der Waals surface area contributed by atoms with E-state index in [-0.39, 0.29) is 0 Å². The lowest BCUT2D eigenvalue weighted by atomic mass is 10.0. The zero-order valence-corrected chi connectivity index (χ0v) is 8.82. The number of nitrogens with two attached hydrogens (primary N) is 1. The summed E-state index contributed by atoms with van der Waals surface area (Å²) in [4.78, 5) is 0. The minimum atomic E-state index is 0.557. The Morgan fingerprint density at radius 2 is 2.19 bits per heavy atom. The van der Waals surface area contributed by atoms with Gasteiger partial charge >= 0.3 is 0 Å². The fourth-order valence-electron chi connectivity index (χ4n) is 1.91. The van der Waals surface area contributed by atoms with E-state index in [1.165, 1.54) is 0 Å². The number of H-pyrrole nitrogens is 1. The standard InChI is InChI=1S/C12H11N3O/c1-7-6-16-11-8(7)3-2-4-9(11)10-5-14-15-12(10)13/h2-6H,1H3,(H3,13,14,15). The van der Waals surface area contributed by atoms with Crippen LogP contribution < -0.4 is 5.73 Å². The van der Waals surface area contributed by atoms with Crippen LogP contribution in [-0.2, 0) is 0 Å². The van der Waals surface area contributed by atoms with Crippen LogP contribution in [0.2, 0.25) is 0 Å². The number of nitrogens with one attached hydrogen (secondary N) is 1. The Morgan fingerprint density at radius 3 is 2.94 bits per heavy atom. The number of hydrogen-bond acceptors (Lipinski definition) is 3. The summed E-state index contributed by atoms with van der Waals surface area (Å²) in [7, 11) is 0. The van der Waals surface area contributed by atoms with Crippen LogP contribution in [0.1, 0.15) is 5.56 Å². The number of hydrogen-bond donors (Lipinski definition) is 2. The highest BCUT2D eigenvalue weighted by Gasteiger charge is 2.12. The maximum absolute atomic E-state index is 5.81. The van der Waals surface area contributed by atoms with Gasteiger partial charge in [0.25, 0.3) is 0 Å². The van der Waals surface area contributed by atoms with Gasteiger partial charge in [-0.1, -0.05) is 18.2 Å². The largest absolute Gasteiger partial charge is 0.463 e. The third-order valence-electron chi connectivity index (χ3n) is 2.75. The number of anilines is 1. The molecule has 4 heteroatoms. The minimum absolute atomic E-state index is 0.557. The monoisotopic (exact) mass is 213 g/mol. The summed E-state index contributed by atoms with van der Waals surface area (Å²) in [5.74, 6) is 0.557. The molecular formula is C12H11N3O. The lowest BCUT2D eigenvalue weighted by Gasteiger charge is -2.00. The second kappa shape index (κ2) is 3.13. The number of benzene rings is 1. The van der Waals surface area contributed by atoms with E-state index < -0.39 is 0 Å². The number of rotatable bonds is 1. The molecule has 3 aromatic rings. The molecule has 16 heavy (non-hydrogen) atoms. The van der Waals surface area contributed by atoms with Crippen LogP contribution in [0.5, 0.6) is 0 Å². The molecule has 0 aliphatic rings. The highest BCUT2D eigenvalue weighted by molar-refractivity contribution is 5.96. The molecule has 3 rings (SSSR count). The first-order valence-electron chi connectivity index (χ1n) is 5.03. The zero-order valence-electron chi connectivity index (χ0n) is 8.82. The molecule has 0 unspecified atom stereocenters. The van der Waals surface area contributed by atoms with E-state index in [2.05, 4.69) is 10.2 Å². The van der Waals surface area contributed by atoms with E-state index in [0.29, 0.717) is 5.82 Å². The average molecular weight is 213 g/mol. The van der Waals surface area contributed by atoms with Gasteiger partial charge < -0.3 is 10.2 Å². The van der Waals surface area contributed by atoms with Crippen molar-refractivity contribution in [1.29, 1.82) is 0 Å². The minimum Gasteiger partial charge on any atom is -0.463 e. The van der Waals surface area contributed by atoms with Gasteiger partial charge in [-0.3, -0.25) is 5.10 Å². The Bertz CT molecular complexity index is 651. The van der Waals surface area contributed by atoms with Crippen LogP contribution in [0.15, 0.2) is 35.1 Å². The Balaban J connectivity index is 2.36. The van der Waals surface area contributed by atoms with Gasteiger partial charge in [0.05, 0.1) is 12.5 Å². The number of fused-ring (bicyclic) bond motifs is 1. The number of nitrogen functional groups attached to an aromatic ring is 1. The number of aryl methyl sites for hydroxylation is 1. The summed E-state index contributed by atoms with van der Waals surface area (Å²) < 4.78 is 5.56. The molecule has 0 amide bonds. The first-order chi connectivity index (χ1) is 7.77. The maximum Gasteiger partial charge on any atom is 0.142 e. The number of aromatic amines is 1. The fourth-order valence-corrected chi connectivity index (χ4v) is 1.91. The predicted molar refractivity (Wildman–Crippen MR) is 62.9 cm³/mol. The van der Waals surface area contributed by atoms with Crippen LogP contribution >= 0.6 is 0 Å². The summed E-state index contributed by atoms with van der Waals surface area (Å²) in [5, 5.41) is 7.75. The molecule has 0 saturated heterocycles. The fraction of sp³-hybridized carbons (Fsp3) is 0.0833. The molecule has 0 radical (unpaired) electrons. The maximum atomic E-state index is 5.81. The summed E-state index contributed by atoms with van der Waals surface area (Å²) in [6.45, 7) is 2.02. The van der Waals surface area contributed by atoms with E-state index in [1.807, 2.05) is 25.1 Å². The Morgan fingerprint density at radius 1 is 1.31 bits per heavy atom. The highest BCUT2D eigenvalue weighted by Crippen LogP contribution is 2.33. The summed E-state index contributed by atoms with van der Waals surface area (Å²) in [6.07, 6.45) is 3.46. The van der Waals surface area contributed by atoms with Gasteiger partial charge in [0.1, 0.15) is 11.4 Å². The van der Waals surface area contributed by atoms with Crippen LogP contribution in [0.4, 0.5) is 5.82 Å². The molecule has 80 valence electrons. The van der Waals surface area contributed by atoms with Gasteiger partial charge in [-0.15, -0.1) is 0 Å². The van der Waals surface area contributed by atoms with E-state index in [9.17, 15) is 0 Å². The second-order valence-electron chi connectivity index (χ2n) is 3.80. The molecule has 4 nitrogen and oxygen atoms in total. The van der Waals surface area contributed by atoms with Crippen molar-refractivity contribution in [3.63, 3.8) is 0 Å². The highest BCUT2D eigenvalue weighted by atomic mass is 16.3. The van der Waals surface area contributed by atoms with E-state index >= 15 is 0 Å². The summed E-state index contributed by atoms with van der Waals surface area (Å²) in [5.41, 5.74) is 9.63. The number of aromatic nitrogens is 2. The Hall–Kier alpha value is -2.23. The number of furan rings is 1. The molecule has 0 bridgehead atoms. The van der Waals surface area contributed by atoms with Crippen LogP contribution in [0, 0.1) is 6.92 Å². The molecule has 2 heterocycles. The quantitative estimate of drug-likeness (QED) is 0.653. The first kappa shape index (κ1) is 9.03. The van der Waals surface area contributed by atoms with Crippen LogP contribution in [0.25, 0.3) is 22.1 Å². The van der Waals surface area contributed by atoms with Crippen molar-refractivity contribution in [3.05, 3.63) is 36.2 Å². The van der Waals surface area contributed by atoms with Crippen molar-refractivity contribution in [1.82, 2.24) is 10.2 Å². The zero-order chi connectivity index (χ0) is 11.1. The molecule has 3 N–H and O–H groups in total. The number of nitrogens with zero attached hydrogens (tertiary/aromatic N) is 1. The summed E-state index contributed by atoms with van der Waals surface area (Å²) in [6, 6.07) is 6.01. The molecule has 1 aromatic carbocycles. The van der Waals surface area contributed by atoms with Gasteiger partial charge in [-0.05, 0) is 12.5 Å². The second-order valence-corrected chi connectivity index (χ2v) is 3.80.